The molecule has 0 saturated heterocycles. The molecule has 60 valence electrons. The minimum absolute atomic E-state index is 0.298. The first-order chi connectivity index (χ1) is 5.27. The molecule has 0 amide bonds. The van der Waals surface area contributed by atoms with Gasteiger partial charge in [0.25, 0.3) is 0 Å². The smallest absolute Gasteiger partial charge is 0.221 e. The lowest BCUT2D eigenvalue weighted by Gasteiger charge is -2.02. The molecule has 0 atom stereocenters. The average molecular weight is 170 g/mol. The van der Waals surface area contributed by atoms with Crippen molar-refractivity contribution < 1.29 is 0 Å². The molecule has 0 saturated carbocycles. The van der Waals surface area contributed by atoms with Gasteiger partial charge in [-0.3, -0.25) is 0 Å². The van der Waals surface area contributed by atoms with E-state index in [-0.39, 0.29) is 0 Å². The van der Waals surface area contributed by atoms with E-state index in [4.69, 9.17) is 11.5 Å². The van der Waals surface area contributed by atoms with Crippen LogP contribution in [0.3, 0.4) is 0 Å². The Bertz CT molecular complexity index is 250. The molecule has 1 heterocycles. The number of aromatic nitrogens is 2. The van der Waals surface area contributed by atoms with Crippen LogP contribution in [0.1, 0.15) is 5.56 Å². The van der Waals surface area contributed by atoms with Crippen LogP contribution in [0, 0.1) is 0 Å². The molecule has 0 bridgehead atoms. The Morgan fingerprint density at radius 2 is 2.36 bits per heavy atom. The maximum atomic E-state index is 5.44. The highest BCUT2D eigenvalue weighted by Crippen LogP contribution is 2.16. The maximum absolute atomic E-state index is 5.44. The Morgan fingerprint density at radius 1 is 1.64 bits per heavy atom. The van der Waals surface area contributed by atoms with Gasteiger partial charge in [0.2, 0.25) is 5.95 Å². The summed E-state index contributed by atoms with van der Waals surface area (Å²) in [7, 11) is 0. The molecule has 1 rings (SSSR count). The van der Waals surface area contributed by atoms with Crippen LogP contribution >= 0.6 is 11.8 Å². The van der Waals surface area contributed by atoms with Gasteiger partial charge in [0.1, 0.15) is 5.03 Å². The molecule has 0 aliphatic heterocycles. The van der Waals surface area contributed by atoms with Gasteiger partial charge < -0.3 is 11.5 Å². The zero-order chi connectivity index (χ0) is 8.27. The fourth-order valence-electron chi connectivity index (χ4n) is 0.721. The minimum Gasteiger partial charge on any atom is -0.368 e. The highest BCUT2D eigenvalue weighted by molar-refractivity contribution is 7.98. The van der Waals surface area contributed by atoms with Crippen molar-refractivity contribution >= 4 is 17.7 Å². The highest BCUT2D eigenvalue weighted by Gasteiger charge is 2.01. The molecule has 0 unspecified atom stereocenters. The summed E-state index contributed by atoms with van der Waals surface area (Å²) < 4.78 is 0. The molecule has 0 aliphatic carbocycles. The number of thioether (sulfide) groups is 1. The van der Waals surface area contributed by atoms with Crippen molar-refractivity contribution in [3.05, 3.63) is 11.8 Å². The quantitative estimate of drug-likeness (QED) is 0.491. The molecule has 0 aromatic carbocycles. The van der Waals surface area contributed by atoms with Gasteiger partial charge in [-0.25, -0.2) is 9.97 Å². The monoisotopic (exact) mass is 170 g/mol. The topological polar surface area (TPSA) is 77.8 Å². The first kappa shape index (κ1) is 8.29. The molecule has 0 aliphatic rings. The number of nitrogen functional groups attached to an aromatic ring is 1. The van der Waals surface area contributed by atoms with Crippen molar-refractivity contribution in [1.82, 2.24) is 9.97 Å². The summed E-state index contributed by atoms with van der Waals surface area (Å²) in [6.45, 7) is 0.455. The number of hydrogen-bond donors (Lipinski definition) is 2. The van der Waals surface area contributed by atoms with Gasteiger partial charge in [0, 0.05) is 18.3 Å². The van der Waals surface area contributed by atoms with Crippen LogP contribution in [0.2, 0.25) is 0 Å². The van der Waals surface area contributed by atoms with Crippen molar-refractivity contribution in [1.29, 1.82) is 0 Å². The van der Waals surface area contributed by atoms with Crippen molar-refractivity contribution in [2.24, 2.45) is 5.73 Å². The molecule has 11 heavy (non-hydrogen) atoms. The summed E-state index contributed by atoms with van der Waals surface area (Å²) in [5.74, 6) is 0.298. The number of rotatable bonds is 2. The second-order valence-corrected chi connectivity index (χ2v) is 2.76. The standard InChI is InChI=1S/C6H10N4S/c1-11-5-4(2-7)3-9-6(8)10-5/h3H,2,7H2,1H3,(H2,8,9,10). The molecule has 1 aromatic rings. The molecule has 5 heteroatoms. The van der Waals surface area contributed by atoms with Crippen LogP contribution in [-0.4, -0.2) is 16.2 Å². The second-order valence-electron chi connectivity index (χ2n) is 1.97. The summed E-state index contributed by atoms with van der Waals surface area (Å²) in [5.41, 5.74) is 11.8. The summed E-state index contributed by atoms with van der Waals surface area (Å²) in [4.78, 5) is 7.84. The van der Waals surface area contributed by atoms with E-state index in [0.717, 1.165) is 10.6 Å². The van der Waals surface area contributed by atoms with Crippen LogP contribution in [0.4, 0.5) is 5.95 Å². The zero-order valence-corrected chi connectivity index (χ0v) is 7.06. The van der Waals surface area contributed by atoms with Crippen LogP contribution in [0.25, 0.3) is 0 Å². The molecular weight excluding hydrogens is 160 g/mol. The lowest BCUT2D eigenvalue weighted by Crippen LogP contribution is -2.03. The van der Waals surface area contributed by atoms with Gasteiger partial charge in [-0.15, -0.1) is 11.8 Å². The molecule has 4 N–H and O–H groups in total. The summed E-state index contributed by atoms with van der Waals surface area (Å²) >= 11 is 1.52. The summed E-state index contributed by atoms with van der Waals surface area (Å²) in [6.07, 6.45) is 3.59. The Labute approximate surface area is 69.4 Å². The number of nitrogens with zero attached hydrogens (tertiary/aromatic N) is 2. The van der Waals surface area contributed by atoms with Gasteiger partial charge in [-0.2, -0.15) is 0 Å². The van der Waals surface area contributed by atoms with E-state index in [1.165, 1.54) is 11.8 Å². The molecular formula is C6H10N4S. The summed E-state index contributed by atoms with van der Waals surface area (Å²) in [6, 6.07) is 0. The minimum atomic E-state index is 0.298. The molecule has 1 aromatic heterocycles. The largest absolute Gasteiger partial charge is 0.368 e. The van der Waals surface area contributed by atoms with Crippen LogP contribution in [-0.2, 0) is 6.54 Å². The van der Waals surface area contributed by atoms with Crippen molar-refractivity contribution in [2.45, 2.75) is 11.6 Å². The van der Waals surface area contributed by atoms with E-state index in [2.05, 4.69) is 9.97 Å². The van der Waals surface area contributed by atoms with E-state index in [1.54, 1.807) is 6.20 Å². The van der Waals surface area contributed by atoms with Gasteiger partial charge >= 0.3 is 0 Å². The predicted octanol–water partition coefficient (Wildman–Crippen LogP) is 0.239. The van der Waals surface area contributed by atoms with Crippen LogP contribution in [0.15, 0.2) is 11.2 Å². The van der Waals surface area contributed by atoms with Crippen molar-refractivity contribution in [3.8, 4) is 0 Å². The summed E-state index contributed by atoms with van der Waals surface area (Å²) in [5, 5.41) is 0.861. The van der Waals surface area contributed by atoms with E-state index in [0.29, 0.717) is 12.5 Å². The molecule has 0 spiro atoms. The van der Waals surface area contributed by atoms with E-state index in [1.807, 2.05) is 6.26 Å². The SMILES string of the molecule is CSc1nc(N)ncc1CN. The Kier molecular flexibility index (Phi) is 2.67. The zero-order valence-electron chi connectivity index (χ0n) is 6.24. The fraction of sp³-hybridized carbons (Fsp3) is 0.333. The van der Waals surface area contributed by atoms with Crippen LogP contribution in [0.5, 0.6) is 0 Å². The maximum Gasteiger partial charge on any atom is 0.221 e. The fourth-order valence-corrected chi connectivity index (χ4v) is 1.30. The third-order valence-electron chi connectivity index (χ3n) is 1.26. The average Bonchev–Trinajstić information content (AvgIpc) is 2.04. The third kappa shape index (κ3) is 1.81. The Morgan fingerprint density at radius 3 is 2.91 bits per heavy atom. The van der Waals surface area contributed by atoms with E-state index in [9.17, 15) is 0 Å². The first-order valence-electron chi connectivity index (χ1n) is 3.13. The van der Waals surface area contributed by atoms with Gasteiger partial charge in [-0.05, 0) is 6.26 Å². The van der Waals surface area contributed by atoms with Gasteiger partial charge in [0.05, 0.1) is 0 Å². The lowest BCUT2D eigenvalue weighted by molar-refractivity contribution is 0.933. The molecule has 4 nitrogen and oxygen atoms in total. The normalized spacial score (nSPS) is 10.0. The Hall–Kier alpha value is -0.810. The first-order valence-corrected chi connectivity index (χ1v) is 4.36. The van der Waals surface area contributed by atoms with E-state index < -0.39 is 0 Å². The second kappa shape index (κ2) is 3.54. The molecule has 0 fully saturated rings. The van der Waals surface area contributed by atoms with Crippen molar-refractivity contribution in [2.75, 3.05) is 12.0 Å². The number of nitrogens with two attached hydrogens (primary N) is 2. The van der Waals surface area contributed by atoms with E-state index >= 15 is 0 Å². The van der Waals surface area contributed by atoms with Crippen molar-refractivity contribution in [3.63, 3.8) is 0 Å². The number of hydrogen-bond acceptors (Lipinski definition) is 5. The van der Waals surface area contributed by atoms with Gasteiger partial charge in [-0.1, -0.05) is 0 Å². The highest BCUT2D eigenvalue weighted by atomic mass is 32.2. The third-order valence-corrected chi connectivity index (χ3v) is 2.00. The molecule has 0 radical (unpaired) electrons. The number of anilines is 1. The van der Waals surface area contributed by atoms with Gasteiger partial charge in [0.15, 0.2) is 0 Å². The Balaban J connectivity index is 3.06. The lowest BCUT2D eigenvalue weighted by atomic mass is 10.3. The van der Waals surface area contributed by atoms with Crippen LogP contribution < -0.4 is 11.5 Å². The predicted molar refractivity (Wildman–Crippen MR) is 46.1 cm³/mol.